The first-order chi connectivity index (χ1) is 14.9. The SMILES string of the molecule is Cc1ccc(C(=O)N(C)c2ccc(OC(=O)C3CCCN(C(=O)C4CC4)C3)cc2)cc1. The van der Waals surface area contributed by atoms with Gasteiger partial charge in [-0.05, 0) is 69.0 Å². The van der Waals surface area contributed by atoms with E-state index in [1.807, 2.05) is 36.1 Å². The number of hydrogen-bond acceptors (Lipinski definition) is 4. The van der Waals surface area contributed by atoms with Crippen molar-refractivity contribution in [2.45, 2.75) is 32.6 Å². The molecular weight excluding hydrogens is 392 g/mol. The molecule has 4 rings (SSSR count). The van der Waals surface area contributed by atoms with Crippen LogP contribution in [0.5, 0.6) is 5.75 Å². The normalized spacial score (nSPS) is 18.4. The van der Waals surface area contributed by atoms with Crippen molar-refractivity contribution >= 4 is 23.5 Å². The average Bonchev–Trinajstić information content (AvgIpc) is 3.64. The lowest BCUT2D eigenvalue weighted by molar-refractivity contribution is -0.143. The van der Waals surface area contributed by atoms with Gasteiger partial charge in [-0.3, -0.25) is 14.4 Å². The number of anilines is 1. The van der Waals surface area contributed by atoms with E-state index in [0.717, 1.165) is 37.8 Å². The van der Waals surface area contributed by atoms with Gasteiger partial charge in [0.25, 0.3) is 5.91 Å². The average molecular weight is 421 g/mol. The van der Waals surface area contributed by atoms with Crippen molar-refractivity contribution in [2.24, 2.45) is 11.8 Å². The highest BCUT2D eigenvalue weighted by molar-refractivity contribution is 6.05. The van der Waals surface area contributed by atoms with E-state index in [1.54, 1.807) is 36.2 Å². The summed E-state index contributed by atoms with van der Waals surface area (Å²) >= 11 is 0. The predicted molar refractivity (Wildman–Crippen MR) is 118 cm³/mol. The largest absolute Gasteiger partial charge is 0.426 e. The van der Waals surface area contributed by atoms with Crippen molar-refractivity contribution in [3.63, 3.8) is 0 Å². The Labute approximate surface area is 182 Å². The van der Waals surface area contributed by atoms with E-state index >= 15 is 0 Å². The lowest BCUT2D eigenvalue weighted by Crippen LogP contribution is -2.44. The highest BCUT2D eigenvalue weighted by Gasteiger charge is 2.37. The van der Waals surface area contributed by atoms with E-state index in [4.69, 9.17) is 4.74 Å². The summed E-state index contributed by atoms with van der Waals surface area (Å²) in [4.78, 5) is 41.0. The van der Waals surface area contributed by atoms with E-state index in [-0.39, 0.29) is 29.6 Å². The van der Waals surface area contributed by atoms with E-state index in [1.165, 1.54) is 0 Å². The minimum absolute atomic E-state index is 0.104. The van der Waals surface area contributed by atoms with Gasteiger partial charge in [-0.2, -0.15) is 0 Å². The summed E-state index contributed by atoms with van der Waals surface area (Å²) in [5.74, 6) is 0.0973. The number of benzene rings is 2. The maximum atomic E-state index is 12.7. The van der Waals surface area contributed by atoms with Gasteiger partial charge in [0.2, 0.25) is 5.91 Å². The fourth-order valence-corrected chi connectivity index (χ4v) is 3.90. The lowest BCUT2D eigenvalue weighted by atomic mass is 9.98. The highest BCUT2D eigenvalue weighted by atomic mass is 16.5. The molecule has 2 amide bonds. The van der Waals surface area contributed by atoms with Crippen LogP contribution in [0.2, 0.25) is 0 Å². The van der Waals surface area contributed by atoms with E-state index in [9.17, 15) is 14.4 Å². The molecule has 2 aliphatic rings. The fourth-order valence-electron chi connectivity index (χ4n) is 3.90. The molecule has 6 nitrogen and oxygen atoms in total. The molecule has 2 aromatic rings. The molecule has 2 aromatic carbocycles. The van der Waals surface area contributed by atoms with Gasteiger partial charge in [-0.25, -0.2) is 0 Å². The van der Waals surface area contributed by atoms with Crippen molar-refractivity contribution in [3.05, 3.63) is 59.7 Å². The van der Waals surface area contributed by atoms with E-state index in [0.29, 0.717) is 23.5 Å². The molecule has 1 saturated heterocycles. The number of likely N-dealkylation sites (tertiary alicyclic amines) is 1. The third-order valence-electron chi connectivity index (χ3n) is 6.04. The van der Waals surface area contributed by atoms with Crippen LogP contribution in [0.4, 0.5) is 5.69 Å². The topological polar surface area (TPSA) is 66.9 Å². The Bertz CT molecular complexity index is 964. The molecule has 0 aromatic heterocycles. The zero-order valence-electron chi connectivity index (χ0n) is 18.0. The number of esters is 1. The molecule has 1 heterocycles. The van der Waals surface area contributed by atoms with Crippen LogP contribution in [0.1, 0.15) is 41.6 Å². The van der Waals surface area contributed by atoms with Gasteiger partial charge >= 0.3 is 5.97 Å². The third kappa shape index (κ3) is 4.95. The van der Waals surface area contributed by atoms with Gasteiger partial charge in [0.1, 0.15) is 5.75 Å². The van der Waals surface area contributed by atoms with Crippen LogP contribution in [0.3, 0.4) is 0 Å². The number of carbonyl (C=O) groups excluding carboxylic acids is 3. The molecule has 1 aliphatic carbocycles. The van der Waals surface area contributed by atoms with Crippen molar-refractivity contribution < 1.29 is 19.1 Å². The van der Waals surface area contributed by atoms with Gasteiger partial charge in [-0.1, -0.05) is 17.7 Å². The molecule has 6 heteroatoms. The van der Waals surface area contributed by atoms with Crippen molar-refractivity contribution in [1.29, 1.82) is 0 Å². The molecule has 1 atom stereocenters. The van der Waals surface area contributed by atoms with E-state index in [2.05, 4.69) is 0 Å². The minimum atomic E-state index is -0.301. The molecule has 1 aliphatic heterocycles. The van der Waals surface area contributed by atoms with Gasteiger partial charge in [-0.15, -0.1) is 0 Å². The van der Waals surface area contributed by atoms with Crippen LogP contribution in [0, 0.1) is 18.8 Å². The monoisotopic (exact) mass is 420 g/mol. The first-order valence-corrected chi connectivity index (χ1v) is 10.9. The minimum Gasteiger partial charge on any atom is -0.426 e. The van der Waals surface area contributed by atoms with Crippen LogP contribution in [-0.4, -0.2) is 42.8 Å². The molecule has 2 fully saturated rings. The van der Waals surface area contributed by atoms with Crippen LogP contribution in [0.25, 0.3) is 0 Å². The highest BCUT2D eigenvalue weighted by Crippen LogP contribution is 2.33. The van der Waals surface area contributed by atoms with Crippen molar-refractivity contribution in [3.8, 4) is 5.75 Å². The molecule has 162 valence electrons. The summed E-state index contributed by atoms with van der Waals surface area (Å²) in [6.07, 6.45) is 3.50. The molecule has 0 N–H and O–H groups in total. The van der Waals surface area contributed by atoms with Gasteiger partial charge in [0.05, 0.1) is 5.92 Å². The Hall–Kier alpha value is -3.15. The van der Waals surface area contributed by atoms with Gasteiger partial charge in [0, 0.05) is 37.3 Å². The summed E-state index contributed by atoms with van der Waals surface area (Å²) in [6.45, 7) is 3.16. The summed E-state index contributed by atoms with van der Waals surface area (Å²) in [6, 6.07) is 14.4. The molecule has 31 heavy (non-hydrogen) atoms. The number of aryl methyl sites for hydroxylation is 1. The maximum absolute atomic E-state index is 12.7. The predicted octanol–water partition coefficient (Wildman–Crippen LogP) is 3.83. The fraction of sp³-hybridized carbons (Fsp3) is 0.400. The zero-order chi connectivity index (χ0) is 22.0. The maximum Gasteiger partial charge on any atom is 0.316 e. The Kier molecular flexibility index (Phi) is 6.07. The number of carbonyl (C=O) groups is 3. The van der Waals surface area contributed by atoms with Gasteiger partial charge in [0.15, 0.2) is 0 Å². The molecule has 0 bridgehead atoms. The summed E-state index contributed by atoms with van der Waals surface area (Å²) in [5, 5.41) is 0. The Morgan fingerprint density at radius 1 is 0.935 bits per heavy atom. The number of rotatable bonds is 5. The molecule has 0 radical (unpaired) electrons. The van der Waals surface area contributed by atoms with Gasteiger partial charge < -0.3 is 14.5 Å². The van der Waals surface area contributed by atoms with Crippen molar-refractivity contribution in [1.82, 2.24) is 4.90 Å². The molecule has 1 unspecified atom stereocenters. The quantitative estimate of drug-likeness (QED) is 0.545. The number of piperidine rings is 1. The third-order valence-corrected chi connectivity index (χ3v) is 6.04. The zero-order valence-corrected chi connectivity index (χ0v) is 18.0. The second-order valence-corrected chi connectivity index (χ2v) is 8.54. The number of amides is 2. The molecule has 1 saturated carbocycles. The Balaban J connectivity index is 1.35. The standard InChI is InChI=1S/C25H28N2O4/c1-17-5-7-18(8-6-17)23(28)26(2)21-11-13-22(14-12-21)31-25(30)20-4-3-15-27(16-20)24(29)19-9-10-19/h5-8,11-14,19-20H,3-4,9-10,15-16H2,1-2H3. The first-order valence-electron chi connectivity index (χ1n) is 10.9. The van der Waals surface area contributed by atoms with Crippen molar-refractivity contribution in [2.75, 3.05) is 25.0 Å². The smallest absolute Gasteiger partial charge is 0.316 e. The number of nitrogens with zero attached hydrogens (tertiary/aromatic N) is 2. The second-order valence-electron chi connectivity index (χ2n) is 8.54. The Morgan fingerprint density at radius 2 is 1.61 bits per heavy atom. The Morgan fingerprint density at radius 3 is 2.26 bits per heavy atom. The molecular formula is C25H28N2O4. The summed E-state index contributed by atoms with van der Waals surface area (Å²) < 4.78 is 5.57. The summed E-state index contributed by atoms with van der Waals surface area (Å²) in [5.41, 5.74) is 2.43. The van der Waals surface area contributed by atoms with Crippen LogP contribution >= 0.6 is 0 Å². The number of hydrogen-bond donors (Lipinski definition) is 0. The number of ether oxygens (including phenoxy) is 1. The van der Waals surface area contributed by atoms with Crippen LogP contribution < -0.4 is 9.64 Å². The lowest BCUT2D eigenvalue weighted by Gasteiger charge is -2.31. The summed E-state index contributed by atoms with van der Waals surface area (Å²) in [7, 11) is 1.72. The van der Waals surface area contributed by atoms with Crippen LogP contribution in [-0.2, 0) is 9.59 Å². The first kappa shape index (κ1) is 21.1. The molecule has 0 spiro atoms. The second kappa shape index (κ2) is 8.92. The van der Waals surface area contributed by atoms with E-state index < -0.39 is 0 Å². The van der Waals surface area contributed by atoms with Crippen LogP contribution in [0.15, 0.2) is 48.5 Å².